The predicted molar refractivity (Wildman–Crippen MR) is 79.2 cm³/mol. The van der Waals surface area contributed by atoms with E-state index >= 15 is 0 Å². The Morgan fingerprint density at radius 2 is 1.80 bits per heavy atom. The Bertz CT molecular complexity index is 590. The normalized spacial score (nSPS) is 29.4. The van der Waals surface area contributed by atoms with E-state index in [1.54, 1.807) is 12.1 Å². The molecule has 2 bridgehead atoms. The molecule has 110 valence electrons. The van der Waals surface area contributed by atoms with Crippen molar-refractivity contribution in [1.82, 2.24) is 5.32 Å². The summed E-state index contributed by atoms with van der Waals surface area (Å²) in [5.74, 6) is 0. The minimum Gasteiger partial charge on any atom is -0.370 e. The van der Waals surface area contributed by atoms with Gasteiger partial charge in [-0.1, -0.05) is 12.1 Å². The molecular weight excluding hydrogens is 274 g/mol. The molecule has 3 rings (SSSR count). The number of piperidine rings is 1. The molecule has 2 unspecified atom stereocenters. The van der Waals surface area contributed by atoms with Crippen LogP contribution in [0.1, 0.15) is 25.7 Å². The molecule has 0 spiro atoms. The second-order valence-electron chi connectivity index (χ2n) is 5.89. The summed E-state index contributed by atoms with van der Waals surface area (Å²) in [6, 6.07) is 8.50. The quantitative estimate of drug-likeness (QED) is 0.874. The summed E-state index contributed by atoms with van der Waals surface area (Å²) in [5.41, 5.74) is 0.710. The molecule has 2 aliphatic heterocycles. The van der Waals surface area contributed by atoms with E-state index < -0.39 is 10.0 Å². The summed E-state index contributed by atoms with van der Waals surface area (Å²) in [4.78, 5) is 2.31. The van der Waals surface area contributed by atoms with Crippen LogP contribution < -0.4 is 15.4 Å². The van der Waals surface area contributed by atoms with E-state index in [-0.39, 0.29) is 4.90 Å². The number of hydrogen-bond donors (Lipinski definition) is 2. The maximum absolute atomic E-state index is 11.7. The standard InChI is InChI=1S/C14H21N3O2S/c1-17(12-8-10-6-7-11(9-12)16-10)13-4-2-3-5-14(13)20(15,18)19/h2-5,10-12,16H,6-9H2,1H3,(H2,15,18,19). The Hall–Kier alpha value is -1.11. The van der Waals surface area contributed by atoms with Gasteiger partial charge in [0.2, 0.25) is 10.0 Å². The van der Waals surface area contributed by atoms with E-state index in [4.69, 9.17) is 5.14 Å². The van der Waals surface area contributed by atoms with Gasteiger partial charge in [-0.05, 0) is 37.8 Å². The first-order chi connectivity index (χ1) is 9.45. The van der Waals surface area contributed by atoms with Gasteiger partial charge < -0.3 is 10.2 Å². The number of hydrogen-bond acceptors (Lipinski definition) is 4. The summed E-state index contributed by atoms with van der Waals surface area (Å²) in [6.45, 7) is 0. The number of rotatable bonds is 3. The highest BCUT2D eigenvalue weighted by Crippen LogP contribution is 2.33. The summed E-state index contributed by atoms with van der Waals surface area (Å²) in [7, 11) is -1.71. The number of nitrogens with one attached hydrogen (secondary N) is 1. The molecule has 0 aliphatic carbocycles. The highest BCUT2D eigenvalue weighted by Gasteiger charge is 2.35. The van der Waals surface area contributed by atoms with Crippen LogP contribution in [0, 0.1) is 0 Å². The van der Waals surface area contributed by atoms with Gasteiger partial charge in [0, 0.05) is 25.2 Å². The van der Waals surface area contributed by atoms with Gasteiger partial charge in [-0.2, -0.15) is 0 Å². The summed E-state index contributed by atoms with van der Waals surface area (Å²) in [5, 5.41) is 8.93. The van der Waals surface area contributed by atoms with Gasteiger partial charge in [-0.25, -0.2) is 13.6 Å². The largest absolute Gasteiger partial charge is 0.370 e. The van der Waals surface area contributed by atoms with Crippen molar-refractivity contribution in [3.05, 3.63) is 24.3 Å². The highest BCUT2D eigenvalue weighted by atomic mass is 32.2. The number of nitrogens with two attached hydrogens (primary N) is 1. The lowest BCUT2D eigenvalue weighted by Crippen LogP contribution is -2.47. The second kappa shape index (κ2) is 5.02. The van der Waals surface area contributed by atoms with Crippen molar-refractivity contribution >= 4 is 15.7 Å². The van der Waals surface area contributed by atoms with Gasteiger partial charge in [0.15, 0.2) is 0 Å². The minimum atomic E-state index is -3.69. The number of para-hydroxylation sites is 1. The van der Waals surface area contributed by atoms with E-state index in [2.05, 4.69) is 10.2 Å². The van der Waals surface area contributed by atoms with Crippen molar-refractivity contribution < 1.29 is 8.42 Å². The third-order valence-corrected chi connectivity index (χ3v) is 5.51. The molecule has 0 radical (unpaired) electrons. The van der Waals surface area contributed by atoms with E-state index in [1.165, 1.54) is 12.8 Å². The zero-order valence-electron chi connectivity index (χ0n) is 11.6. The molecule has 2 fully saturated rings. The Morgan fingerprint density at radius 3 is 2.40 bits per heavy atom. The molecule has 2 saturated heterocycles. The molecule has 20 heavy (non-hydrogen) atoms. The molecule has 2 aliphatic rings. The number of sulfonamides is 1. The fourth-order valence-corrected chi connectivity index (χ4v) is 4.30. The Morgan fingerprint density at radius 1 is 1.20 bits per heavy atom. The van der Waals surface area contributed by atoms with Crippen LogP contribution in [-0.2, 0) is 10.0 Å². The minimum absolute atomic E-state index is 0.216. The first-order valence-corrected chi connectivity index (χ1v) is 8.60. The lowest BCUT2D eigenvalue weighted by atomic mass is 9.98. The summed E-state index contributed by atoms with van der Waals surface area (Å²) >= 11 is 0. The molecular formula is C14H21N3O2S. The predicted octanol–water partition coefficient (Wildman–Crippen LogP) is 1.05. The molecule has 6 heteroatoms. The third-order valence-electron chi connectivity index (χ3n) is 4.55. The smallest absolute Gasteiger partial charge is 0.240 e. The van der Waals surface area contributed by atoms with E-state index in [1.807, 2.05) is 19.2 Å². The first-order valence-electron chi connectivity index (χ1n) is 7.06. The fraction of sp³-hybridized carbons (Fsp3) is 0.571. The zero-order chi connectivity index (χ0) is 14.3. The number of anilines is 1. The maximum Gasteiger partial charge on any atom is 0.240 e. The van der Waals surface area contributed by atoms with Crippen molar-refractivity contribution in [3.63, 3.8) is 0 Å². The lowest BCUT2D eigenvalue weighted by Gasteiger charge is -2.37. The highest BCUT2D eigenvalue weighted by molar-refractivity contribution is 7.89. The fourth-order valence-electron chi connectivity index (χ4n) is 3.53. The van der Waals surface area contributed by atoms with Crippen LogP contribution in [-0.4, -0.2) is 33.6 Å². The molecule has 2 atom stereocenters. The van der Waals surface area contributed by atoms with Gasteiger partial charge in [-0.15, -0.1) is 0 Å². The van der Waals surface area contributed by atoms with Crippen molar-refractivity contribution in [3.8, 4) is 0 Å². The summed E-state index contributed by atoms with van der Waals surface area (Å²) < 4.78 is 23.4. The van der Waals surface area contributed by atoms with Crippen LogP contribution in [0.15, 0.2) is 29.2 Å². The first kappa shape index (κ1) is 13.9. The van der Waals surface area contributed by atoms with Crippen LogP contribution in [0.25, 0.3) is 0 Å². The van der Waals surface area contributed by atoms with Gasteiger partial charge in [0.25, 0.3) is 0 Å². The van der Waals surface area contributed by atoms with Crippen molar-refractivity contribution in [1.29, 1.82) is 0 Å². The molecule has 2 heterocycles. The molecule has 0 saturated carbocycles. The van der Waals surface area contributed by atoms with E-state index in [0.29, 0.717) is 23.8 Å². The average Bonchev–Trinajstić information content (AvgIpc) is 2.75. The van der Waals surface area contributed by atoms with Gasteiger partial charge in [0.1, 0.15) is 4.90 Å². The van der Waals surface area contributed by atoms with Crippen LogP contribution in [0.3, 0.4) is 0 Å². The van der Waals surface area contributed by atoms with Crippen LogP contribution in [0.4, 0.5) is 5.69 Å². The Kier molecular flexibility index (Phi) is 3.48. The molecule has 1 aromatic rings. The van der Waals surface area contributed by atoms with Gasteiger partial charge in [0.05, 0.1) is 5.69 Å². The number of primary sulfonamides is 1. The monoisotopic (exact) mass is 295 g/mol. The lowest BCUT2D eigenvalue weighted by molar-refractivity contribution is 0.354. The van der Waals surface area contributed by atoms with Crippen molar-refractivity contribution in [2.75, 3.05) is 11.9 Å². The molecule has 3 N–H and O–H groups in total. The van der Waals surface area contributed by atoms with Crippen LogP contribution in [0.2, 0.25) is 0 Å². The second-order valence-corrected chi connectivity index (χ2v) is 7.42. The van der Waals surface area contributed by atoms with E-state index in [9.17, 15) is 8.42 Å². The van der Waals surface area contributed by atoms with E-state index in [0.717, 1.165) is 12.8 Å². The zero-order valence-corrected chi connectivity index (χ0v) is 12.4. The number of fused-ring (bicyclic) bond motifs is 2. The summed E-state index contributed by atoms with van der Waals surface area (Å²) in [6.07, 6.45) is 4.58. The third kappa shape index (κ3) is 2.55. The molecule has 0 amide bonds. The average molecular weight is 295 g/mol. The Labute approximate surface area is 120 Å². The topological polar surface area (TPSA) is 75.4 Å². The van der Waals surface area contributed by atoms with Gasteiger partial charge in [-0.3, -0.25) is 0 Å². The molecule has 0 aromatic heterocycles. The molecule has 1 aromatic carbocycles. The van der Waals surface area contributed by atoms with Crippen LogP contribution in [0.5, 0.6) is 0 Å². The van der Waals surface area contributed by atoms with Crippen molar-refractivity contribution in [2.24, 2.45) is 5.14 Å². The Balaban J connectivity index is 1.89. The number of benzene rings is 1. The SMILES string of the molecule is CN(c1ccccc1S(N)(=O)=O)C1CC2CCC(C1)N2. The maximum atomic E-state index is 11.7. The van der Waals surface area contributed by atoms with Crippen LogP contribution >= 0.6 is 0 Å². The molecule has 5 nitrogen and oxygen atoms in total. The van der Waals surface area contributed by atoms with Crippen molar-refractivity contribution in [2.45, 2.75) is 48.7 Å². The number of nitrogens with zero attached hydrogens (tertiary/aromatic N) is 1. The van der Waals surface area contributed by atoms with Gasteiger partial charge >= 0.3 is 0 Å².